The highest BCUT2D eigenvalue weighted by Crippen LogP contribution is 2.21. The van der Waals surface area contributed by atoms with Gasteiger partial charge in [0.1, 0.15) is 17.5 Å². The van der Waals surface area contributed by atoms with Gasteiger partial charge in [0, 0.05) is 18.7 Å². The molecule has 132 valence electrons. The first-order valence-corrected chi connectivity index (χ1v) is 8.28. The summed E-state index contributed by atoms with van der Waals surface area (Å²) in [4.78, 5) is 26.3. The van der Waals surface area contributed by atoms with Gasteiger partial charge < -0.3 is 10.1 Å². The molecule has 5 nitrogen and oxygen atoms in total. The predicted molar refractivity (Wildman–Crippen MR) is 88.8 cm³/mol. The van der Waals surface area contributed by atoms with Crippen LogP contribution in [0, 0.1) is 5.82 Å². The number of ether oxygens (including phenoxy) is 1. The van der Waals surface area contributed by atoms with Crippen LogP contribution in [0.25, 0.3) is 0 Å². The predicted octanol–water partition coefficient (Wildman–Crippen LogP) is 3.23. The fourth-order valence-corrected chi connectivity index (χ4v) is 2.69. The van der Waals surface area contributed by atoms with Gasteiger partial charge in [0.15, 0.2) is 0 Å². The number of halogens is 1. The van der Waals surface area contributed by atoms with Crippen molar-refractivity contribution >= 4 is 12.0 Å². The van der Waals surface area contributed by atoms with Crippen molar-refractivity contribution in [1.29, 1.82) is 0 Å². The van der Waals surface area contributed by atoms with Gasteiger partial charge >= 0.3 is 6.09 Å². The molecular weight excluding hydrogens is 311 g/mol. The van der Waals surface area contributed by atoms with Crippen LogP contribution < -0.4 is 5.32 Å². The van der Waals surface area contributed by atoms with Gasteiger partial charge in [-0.3, -0.25) is 9.69 Å². The molecule has 0 spiro atoms. The van der Waals surface area contributed by atoms with E-state index in [1.165, 1.54) is 11.0 Å². The summed E-state index contributed by atoms with van der Waals surface area (Å²) in [6, 6.07) is 5.74. The molecule has 2 rings (SSSR count). The average Bonchev–Trinajstić information content (AvgIpc) is 2.52. The van der Waals surface area contributed by atoms with Crippen molar-refractivity contribution in [3.8, 4) is 0 Å². The number of rotatable bonds is 3. The fourth-order valence-electron chi connectivity index (χ4n) is 2.69. The van der Waals surface area contributed by atoms with Gasteiger partial charge in [0.25, 0.3) is 0 Å². The zero-order valence-corrected chi connectivity index (χ0v) is 14.5. The number of amides is 2. The minimum Gasteiger partial charge on any atom is -0.444 e. The third-order valence-corrected chi connectivity index (χ3v) is 3.84. The maximum Gasteiger partial charge on any atom is 0.410 e. The van der Waals surface area contributed by atoms with Crippen LogP contribution in [0.2, 0.25) is 0 Å². The van der Waals surface area contributed by atoms with E-state index in [0.717, 1.165) is 12.8 Å². The van der Waals surface area contributed by atoms with Gasteiger partial charge in [-0.25, -0.2) is 9.18 Å². The van der Waals surface area contributed by atoms with E-state index in [1.54, 1.807) is 39.0 Å². The van der Waals surface area contributed by atoms with Crippen LogP contribution in [-0.4, -0.2) is 35.1 Å². The van der Waals surface area contributed by atoms with Gasteiger partial charge in [-0.1, -0.05) is 18.2 Å². The van der Waals surface area contributed by atoms with Crippen molar-refractivity contribution < 1.29 is 18.7 Å². The molecule has 1 aromatic rings. The molecule has 0 bridgehead atoms. The number of nitrogens with one attached hydrogen (secondary N) is 1. The summed E-state index contributed by atoms with van der Waals surface area (Å²) in [5.41, 5.74) is -0.187. The lowest BCUT2D eigenvalue weighted by Gasteiger charge is -2.35. The highest BCUT2D eigenvalue weighted by atomic mass is 19.1. The maximum atomic E-state index is 13.6. The normalized spacial score (nSPS) is 18.2. The average molecular weight is 336 g/mol. The van der Waals surface area contributed by atoms with Crippen molar-refractivity contribution in [3.63, 3.8) is 0 Å². The van der Waals surface area contributed by atoms with Gasteiger partial charge in [-0.15, -0.1) is 0 Å². The molecule has 0 radical (unpaired) electrons. The zero-order chi connectivity index (χ0) is 17.7. The largest absolute Gasteiger partial charge is 0.444 e. The van der Waals surface area contributed by atoms with E-state index in [4.69, 9.17) is 4.74 Å². The van der Waals surface area contributed by atoms with Crippen LogP contribution >= 0.6 is 0 Å². The van der Waals surface area contributed by atoms with Gasteiger partial charge in [0.2, 0.25) is 5.91 Å². The molecule has 1 aliphatic heterocycles. The maximum absolute atomic E-state index is 13.6. The molecule has 24 heavy (non-hydrogen) atoms. The van der Waals surface area contributed by atoms with Gasteiger partial charge in [0.05, 0.1) is 0 Å². The number of benzene rings is 1. The number of hydrogen-bond donors (Lipinski definition) is 1. The van der Waals surface area contributed by atoms with Crippen molar-refractivity contribution in [2.75, 3.05) is 6.54 Å². The minimum absolute atomic E-state index is 0.101. The highest BCUT2D eigenvalue weighted by molar-refractivity contribution is 5.85. The van der Waals surface area contributed by atoms with Crippen molar-refractivity contribution in [2.45, 2.75) is 58.2 Å². The molecule has 0 unspecified atom stereocenters. The molecular formula is C18H25FN2O3. The van der Waals surface area contributed by atoms with E-state index in [9.17, 15) is 14.0 Å². The molecule has 1 aliphatic rings. The number of carbonyl (C=O) groups excluding carboxylic acids is 2. The molecule has 0 aromatic heterocycles. The molecule has 6 heteroatoms. The third-order valence-electron chi connectivity index (χ3n) is 3.84. The molecule has 0 aliphatic carbocycles. The molecule has 2 amide bonds. The van der Waals surface area contributed by atoms with E-state index >= 15 is 0 Å². The second-order valence-corrected chi connectivity index (χ2v) is 6.99. The Kier molecular flexibility index (Phi) is 5.80. The Morgan fingerprint density at radius 3 is 2.67 bits per heavy atom. The summed E-state index contributed by atoms with van der Waals surface area (Å²) in [6.45, 7) is 5.98. The van der Waals surface area contributed by atoms with E-state index in [0.29, 0.717) is 18.5 Å². The van der Waals surface area contributed by atoms with E-state index in [-0.39, 0.29) is 18.3 Å². The molecule has 1 fully saturated rings. The third kappa shape index (κ3) is 4.94. The summed E-state index contributed by atoms with van der Waals surface area (Å²) in [5, 5.41) is 2.73. The lowest BCUT2D eigenvalue weighted by atomic mass is 10.0. The zero-order valence-electron chi connectivity index (χ0n) is 14.5. The van der Waals surface area contributed by atoms with Crippen LogP contribution in [0.1, 0.15) is 45.6 Å². The van der Waals surface area contributed by atoms with Gasteiger partial charge in [-0.05, 0) is 46.1 Å². The lowest BCUT2D eigenvalue weighted by Crippen LogP contribution is -2.53. The number of nitrogens with zero attached hydrogens (tertiary/aromatic N) is 1. The molecule has 1 atom stereocenters. The second kappa shape index (κ2) is 7.64. The smallest absolute Gasteiger partial charge is 0.410 e. The SMILES string of the molecule is CC(C)(C)OC(=O)N1CCCC[C@H]1C(=O)NCc1ccccc1F. The topological polar surface area (TPSA) is 58.6 Å². The van der Waals surface area contributed by atoms with Gasteiger partial charge in [-0.2, -0.15) is 0 Å². The summed E-state index contributed by atoms with van der Waals surface area (Å²) < 4.78 is 19.0. The standard InChI is InChI=1S/C18H25FN2O3/c1-18(2,3)24-17(23)21-11-7-6-10-15(21)16(22)20-12-13-8-4-5-9-14(13)19/h4-5,8-9,15H,6-7,10-12H2,1-3H3,(H,20,22)/t15-/m0/s1. The fraction of sp³-hybridized carbons (Fsp3) is 0.556. The quantitative estimate of drug-likeness (QED) is 0.922. The van der Waals surface area contributed by atoms with E-state index < -0.39 is 17.7 Å². The Bertz CT molecular complexity index is 598. The molecule has 1 heterocycles. The molecule has 1 saturated heterocycles. The summed E-state index contributed by atoms with van der Waals surface area (Å²) in [7, 11) is 0. The number of hydrogen-bond acceptors (Lipinski definition) is 3. The highest BCUT2D eigenvalue weighted by Gasteiger charge is 2.34. The Labute approximate surface area is 142 Å². The Morgan fingerprint density at radius 1 is 1.29 bits per heavy atom. The van der Waals surface area contributed by atoms with Crippen molar-refractivity contribution in [2.24, 2.45) is 0 Å². The summed E-state index contributed by atoms with van der Waals surface area (Å²) in [5.74, 6) is -0.630. The van der Waals surface area contributed by atoms with Crippen LogP contribution in [-0.2, 0) is 16.1 Å². The van der Waals surface area contributed by atoms with Crippen LogP contribution in [0.5, 0.6) is 0 Å². The first-order valence-electron chi connectivity index (χ1n) is 8.28. The van der Waals surface area contributed by atoms with Crippen LogP contribution in [0.4, 0.5) is 9.18 Å². The van der Waals surface area contributed by atoms with Crippen LogP contribution in [0.3, 0.4) is 0 Å². The first kappa shape index (κ1) is 18.2. The first-order chi connectivity index (χ1) is 11.3. The minimum atomic E-state index is -0.608. The van der Waals surface area contributed by atoms with Crippen molar-refractivity contribution in [1.82, 2.24) is 10.2 Å². The monoisotopic (exact) mass is 336 g/mol. The number of likely N-dealkylation sites (tertiary alicyclic amines) is 1. The Balaban J connectivity index is 2.00. The van der Waals surface area contributed by atoms with E-state index in [2.05, 4.69) is 5.32 Å². The summed E-state index contributed by atoms with van der Waals surface area (Å²) in [6.07, 6.45) is 1.82. The molecule has 1 aromatic carbocycles. The lowest BCUT2D eigenvalue weighted by molar-refractivity contribution is -0.127. The molecule has 0 saturated carbocycles. The second-order valence-electron chi connectivity index (χ2n) is 6.99. The van der Waals surface area contributed by atoms with Crippen LogP contribution in [0.15, 0.2) is 24.3 Å². The van der Waals surface area contributed by atoms with Crippen molar-refractivity contribution in [3.05, 3.63) is 35.6 Å². The number of carbonyl (C=O) groups is 2. The number of piperidine rings is 1. The Morgan fingerprint density at radius 2 is 2.00 bits per heavy atom. The van der Waals surface area contributed by atoms with E-state index in [1.807, 2.05) is 0 Å². The summed E-state index contributed by atoms with van der Waals surface area (Å²) >= 11 is 0. The molecule has 1 N–H and O–H groups in total. The Hall–Kier alpha value is -2.11.